The van der Waals surface area contributed by atoms with Crippen LogP contribution in [0.1, 0.15) is 65.1 Å². The van der Waals surface area contributed by atoms with E-state index in [2.05, 4.69) is 0 Å². The Bertz CT molecular complexity index is 1270. The zero-order chi connectivity index (χ0) is 25.5. The minimum atomic E-state index is -2.70. The molecule has 4 nitrogen and oxygen atoms in total. The molecule has 0 heterocycles. The highest BCUT2D eigenvalue weighted by Gasteiger charge is 2.46. The van der Waals surface area contributed by atoms with Crippen molar-refractivity contribution in [2.75, 3.05) is 0 Å². The molecule has 0 N–H and O–H groups in total. The number of halogens is 2. The third kappa shape index (κ3) is 4.46. The van der Waals surface area contributed by atoms with Crippen molar-refractivity contribution in [3.05, 3.63) is 81.4 Å². The Morgan fingerprint density at radius 2 is 1.09 bits per heavy atom. The van der Waals surface area contributed by atoms with E-state index in [4.69, 9.17) is 31.0 Å². The van der Waals surface area contributed by atoms with Gasteiger partial charge in [-0.15, -0.1) is 22.2 Å². The smallest absolute Gasteiger partial charge is 0.347 e. The highest BCUT2D eigenvalue weighted by Crippen LogP contribution is 2.47. The van der Waals surface area contributed by atoms with Gasteiger partial charge in [0, 0.05) is 22.3 Å². The predicted octanol–water partition coefficient (Wildman–Crippen LogP) is 7.98. The predicted molar refractivity (Wildman–Crippen MR) is 147 cm³/mol. The minimum Gasteiger partial charge on any atom is -0.528 e. The van der Waals surface area contributed by atoms with Crippen molar-refractivity contribution in [3.63, 3.8) is 0 Å². The summed E-state index contributed by atoms with van der Waals surface area (Å²) in [6.45, 7) is 9.92. The van der Waals surface area contributed by atoms with E-state index in [9.17, 15) is 9.59 Å². The van der Waals surface area contributed by atoms with E-state index in [1.54, 1.807) is 6.07 Å². The van der Waals surface area contributed by atoms with Gasteiger partial charge in [0.25, 0.3) is 0 Å². The van der Waals surface area contributed by atoms with Crippen LogP contribution in [0.4, 0.5) is 0 Å². The van der Waals surface area contributed by atoms with Crippen molar-refractivity contribution < 1.29 is 18.4 Å². The highest BCUT2D eigenvalue weighted by molar-refractivity contribution is 7.17. The second-order valence-corrected chi connectivity index (χ2v) is 19.9. The number of Topliss-reactive ketones (excluding diaryl/α,β-unsaturated/α-hetero) is 2. The second kappa shape index (κ2) is 9.73. The van der Waals surface area contributed by atoms with Gasteiger partial charge >= 0.3 is 15.3 Å². The highest BCUT2D eigenvalue weighted by atomic mass is 35.6. The van der Waals surface area contributed by atoms with Crippen molar-refractivity contribution in [2.45, 2.75) is 58.8 Å². The summed E-state index contributed by atoms with van der Waals surface area (Å²) in [7, 11) is -5.40. The molecule has 0 bridgehead atoms. The van der Waals surface area contributed by atoms with Gasteiger partial charge in [-0.05, 0) is 37.2 Å². The van der Waals surface area contributed by atoms with E-state index in [0.717, 1.165) is 5.56 Å². The summed E-state index contributed by atoms with van der Waals surface area (Å²) in [6, 6.07) is 15.5. The van der Waals surface area contributed by atoms with E-state index in [1.807, 2.05) is 71.0 Å². The first kappa shape index (κ1) is 26.0. The number of allylic oxidation sites excluding steroid dienone is 2. The average molecular weight is 546 g/mol. The van der Waals surface area contributed by atoms with Gasteiger partial charge in [0.05, 0.1) is 11.1 Å². The normalized spacial score (nSPS) is 15.6. The van der Waals surface area contributed by atoms with Gasteiger partial charge in [-0.2, -0.15) is 0 Å². The van der Waals surface area contributed by atoms with Crippen LogP contribution in [0.25, 0.3) is 11.5 Å². The second-order valence-electron chi connectivity index (χ2n) is 9.05. The van der Waals surface area contributed by atoms with E-state index in [1.165, 1.54) is 0 Å². The number of benzene rings is 2. The van der Waals surface area contributed by atoms with Crippen molar-refractivity contribution in [2.24, 2.45) is 0 Å². The SMILES string of the molecule is CC[Si](Cl)(CC)OC1=C2C(=O)c3cc(C)ccc3C(O[Si](Cl)(CC)CC)=C2C(=O)c2ccccc21. The van der Waals surface area contributed by atoms with Gasteiger partial charge in [-0.3, -0.25) is 9.59 Å². The third-order valence-electron chi connectivity index (χ3n) is 6.92. The summed E-state index contributed by atoms with van der Waals surface area (Å²) in [5.41, 5.74) is 3.57. The van der Waals surface area contributed by atoms with Crippen molar-refractivity contribution in [3.8, 4) is 0 Å². The molecule has 0 fully saturated rings. The topological polar surface area (TPSA) is 52.6 Å². The molecule has 0 amide bonds. The van der Waals surface area contributed by atoms with E-state index in [-0.39, 0.29) is 22.7 Å². The van der Waals surface area contributed by atoms with Gasteiger partial charge in [-0.25, -0.2) is 0 Å². The summed E-state index contributed by atoms with van der Waals surface area (Å²) in [5.74, 6) is 0.260. The van der Waals surface area contributed by atoms with Crippen LogP contribution in [0, 0.1) is 6.92 Å². The van der Waals surface area contributed by atoms with Crippen LogP contribution in [0.3, 0.4) is 0 Å². The Balaban J connectivity index is 2.12. The van der Waals surface area contributed by atoms with E-state index < -0.39 is 15.3 Å². The van der Waals surface area contributed by atoms with Gasteiger partial charge in [0.2, 0.25) is 0 Å². The first-order valence-electron chi connectivity index (χ1n) is 12.2. The third-order valence-corrected chi connectivity index (χ3v) is 16.0. The van der Waals surface area contributed by atoms with E-state index >= 15 is 0 Å². The number of carbonyl (C=O) groups excluding carboxylic acids is 2. The van der Waals surface area contributed by atoms with Gasteiger partial charge in [0.15, 0.2) is 11.6 Å². The monoisotopic (exact) mass is 544 g/mol. The Labute approximate surface area is 218 Å². The average Bonchev–Trinajstić information content (AvgIpc) is 2.88. The maximum Gasteiger partial charge on any atom is 0.347 e. The van der Waals surface area contributed by atoms with Crippen molar-refractivity contribution in [1.82, 2.24) is 0 Å². The number of fused-ring (bicyclic) bond motifs is 3. The van der Waals surface area contributed by atoms with E-state index in [0.29, 0.717) is 57.9 Å². The zero-order valence-corrected chi connectivity index (χ0v) is 24.3. The lowest BCUT2D eigenvalue weighted by atomic mass is 9.76. The van der Waals surface area contributed by atoms with Gasteiger partial charge in [-0.1, -0.05) is 69.7 Å². The van der Waals surface area contributed by atoms with Crippen molar-refractivity contribution >= 4 is 60.5 Å². The molecule has 8 heteroatoms. The molecular weight excluding hydrogens is 515 g/mol. The van der Waals surface area contributed by atoms with Crippen LogP contribution in [0.5, 0.6) is 0 Å². The molecule has 2 aromatic carbocycles. The summed E-state index contributed by atoms with van der Waals surface area (Å²) < 4.78 is 13.1. The van der Waals surface area contributed by atoms with Crippen LogP contribution < -0.4 is 0 Å². The molecule has 0 aliphatic heterocycles. The maximum absolute atomic E-state index is 14.1. The number of aryl methyl sites for hydroxylation is 1. The molecule has 0 unspecified atom stereocenters. The lowest BCUT2D eigenvalue weighted by Gasteiger charge is -2.35. The molecule has 2 aliphatic carbocycles. The fourth-order valence-electron chi connectivity index (χ4n) is 4.49. The number of hydrogen-bond donors (Lipinski definition) is 0. The lowest BCUT2D eigenvalue weighted by molar-refractivity contribution is 0.0988. The van der Waals surface area contributed by atoms with Gasteiger partial charge < -0.3 is 8.85 Å². The van der Waals surface area contributed by atoms with Crippen molar-refractivity contribution in [1.29, 1.82) is 0 Å². The zero-order valence-electron chi connectivity index (χ0n) is 20.8. The molecule has 2 aromatic rings. The number of carbonyl (C=O) groups is 2. The Hall–Kier alpha value is -2.13. The maximum atomic E-state index is 14.1. The van der Waals surface area contributed by atoms with Crippen LogP contribution in [0.15, 0.2) is 53.6 Å². The summed E-state index contributed by atoms with van der Waals surface area (Å²) in [6.07, 6.45) is 0. The molecule has 0 aromatic heterocycles. The first-order chi connectivity index (χ1) is 16.6. The molecule has 0 radical (unpaired) electrons. The van der Waals surface area contributed by atoms with Crippen LogP contribution in [0.2, 0.25) is 24.2 Å². The van der Waals surface area contributed by atoms with Gasteiger partial charge in [0.1, 0.15) is 11.5 Å². The molecule has 0 spiro atoms. The van der Waals surface area contributed by atoms with Crippen LogP contribution in [-0.2, 0) is 8.85 Å². The number of hydrogen-bond acceptors (Lipinski definition) is 4. The molecule has 0 saturated carbocycles. The Morgan fingerprint density at radius 3 is 1.57 bits per heavy atom. The van der Waals surface area contributed by atoms with Crippen LogP contribution >= 0.6 is 22.2 Å². The molecule has 184 valence electrons. The molecule has 0 atom stereocenters. The molecular formula is C27H30Cl2O4Si2. The molecule has 35 heavy (non-hydrogen) atoms. The lowest BCUT2D eigenvalue weighted by Crippen LogP contribution is -2.36. The van der Waals surface area contributed by atoms with Crippen LogP contribution in [-0.4, -0.2) is 26.8 Å². The molecule has 4 rings (SSSR count). The quantitative estimate of drug-likeness (QED) is 0.249. The number of ketones is 2. The standard InChI is InChI=1S/C27H30Cl2O4Si2/c1-6-34(28,7-2)32-26-19-13-11-10-12-18(19)24(30)22-23(26)25(31)21-16-17(5)14-15-20(21)27(22)33-35(29,8-3)9-4/h10-16H,6-9H2,1-5H3. The molecule has 2 aliphatic rings. The first-order valence-corrected chi connectivity index (χ1v) is 18.8. The minimum absolute atomic E-state index is 0.236. The summed E-state index contributed by atoms with van der Waals surface area (Å²) in [5, 5.41) is 0. The fourth-order valence-corrected chi connectivity index (χ4v) is 7.68. The Kier molecular flexibility index (Phi) is 7.22. The summed E-state index contributed by atoms with van der Waals surface area (Å²) >= 11 is 13.9. The molecule has 0 saturated heterocycles. The fraction of sp³-hybridized carbons (Fsp3) is 0.333. The summed E-state index contributed by atoms with van der Waals surface area (Å²) in [4.78, 5) is 28.0. The number of rotatable bonds is 8. The Morgan fingerprint density at radius 1 is 0.657 bits per heavy atom. The largest absolute Gasteiger partial charge is 0.528 e.